The molecule has 1 heterocycles. The Hall–Kier alpha value is -2.58. The summed E-state index contributed by atoms with van der Waals surface area (Å²) in [5.41, 5.74) is 1.75. The van der Waals surface area contributed by atoms with Gasteiger partial charge in [-0.2, -0.15) is 5.26 Å². The van der Waals surface area contributed by atoms with Crippen molar-refractivity contribution >= 4 is 20.9 Å². The van der Waals surface area contributed by atoms with E-state index < -0.39 is 10.0 Å². The predicted molar refractivity (Wildman–Crippen MR) is 80.4 cm³/mol. The third-order valence-electron chi connectivity index (χ3n) is 3.38. The Labute approximate surface area is 122 Å². The number of nitrogens with zero attached hydrogens (tertiary/aromatic N) is 2. The summed E-state index contributed by atoms with van der Waals surface area (Å²) in [5, 5.41) is 9.92. The molecule has 5 heteroatoms. The fraction of sp³-hybridized carbons (Fsp3) is 0.0625. The van der Waals surface area contributed by atoms with Crippen molar-refractivity contribution in [3.05, 3.63) is 65.9 Å². The first kappa shape index (κ1) is 13.4. The molecule has 3 rings (SSSR count). The van der Waals surface area contributed by atoms with Gasteiger partial charge in [0.2, 0.25) is 0 Å². The average Bonchev–Trinajstić information content (AvgIpc) is 2.92. The van der Waals surface area contributed by atoms with E-state index in [0.717, 1.165) is 10.9 Å². The fourth-order valence-electron chi connectivity index (χ4n) is 2.28. The molecule has 0 N–H and O–H groups in total. The predicted octanol–water partition coefficient (Wildman–Crippen LogP) is 3.06. The lowest BCUT2D eigenvalue weighted by Crippen LogP contribution is -2.12. The zero-order valence-electron chi connectivity index (χ0n) is 11.3. The van der Waals surface area contributed by atoms with Gasteiger partial charge < -0.3 is 0 Å². The van der Waals surface area contributed by atoms with Crippen LogP contribution in [0.1, 0.15) is 11.1 Å². The number of hydrogen-bond donors (Lipinski definition) is 0. The lowest BCUT2D eigenvalue weighted by molar-refractivity contribution is 0.589. The summed E-state index contributed by atoms with van der Waals surface area (Å²) < 4.78 is 26.7. The molecule has 3 aromatic rings. The topological polar surface area (TPSA) is 62.9 Å². The summed E-state index contributed by atoms with van der Waals surface area (Å²) in [4.78, 5) is 0.207. The minimum atomic E-state index is -3.71. The van der Waals surface area contributed by atoms with E-state index in [2.05, 4.69) is 0 Å². The van der Waals surface area contributed by atoms with Gasteiger partial charge in [-0.15, -0.1) is 0 Å². The molecule has 0 atom stereocenters. The first-order chi connectivity index (χ1) is 10.0. The summed E-state index contributed by atoms with van der Waals surface area (Å²) in [7, 11) is -3.71. The Kier molecular flexibility index (Phi) is 3.04. The number of aryl methyl sites for hydroxylation is 1. The molecule has 4 nitrogen and oxygen atoms in total. The second-order valence-corrected chi connectivity index (χ2v) is 6.60. The van der Waals surface area contributed by atoms with E-state index in [9.17, 15) is 13.7 Å². The van der Waals surface area contributed by atoms with Crippen molar-refractivity contribution in [3.63, 3.8) is 0 Å². The van der Waals surface area contributed by atoms with E-state index in [-0.39, 0.29) is 4.90 Å². The van der Waals surface area contributed by atoms with Gasteiger partial charge in [0.25, 0.3) is 10.0 Å². The van der Waals surface area contributed by atoms with Crippen molar-refractivity contribution in [1.82, 2.24) is 3.97 Å². The average molecular weight is 296 g/mol. The van der Waals surface area contributed by atoms with Crippen molar-refractivity contribution in [1.29, 1.82) is 5.26 Å². The first-order valence-electron chi connectivity index (χ1n) is 6.36. The summed E-state index contributed by atoms with van der Waals surface area (Å²) in [5.74, 6) is 0. The van der Waals surface area contributed by atoms with Crippen LogP contribution < -0.4 is 0 Å². The highest BCUT2D eigenvalue weighted by atomic mass is 32.2. The van der Waals surface area contributed by atoms with Gasteiger partial charge in [-0.05, 0) is 31.2 Å². The van der Waals surface area contributed by atoms with Gasteiger partial charge in [-0.25, -0.2) is 12.4 Å². The number of hydrogen-bond acceptors (Lipinski definition) is 3. The van der Waals surface area contributed by atoms with Gasteiger partial charge in [0, 0.05) is 11.6 Å². The minimum absolute atomic E-state index is 0.207. The number of fused-ring (bicyclic) bond motifs is 1. The second kappa shape index (κ2) is 4.76. The Balaban J connectivity index is 2.30. The maximum absolute atomic E-state index is 12.7. The Morgan fingerprint density at radius 3 is 2.43 bits per heavy atom. The van der Waals surface area contributed by atoms with Crippen molar-refractivity contribution in [2.75, 3.05) is 0 Å². The molecule has 1 aromatic heterocycles. The lowest BCUT2D eigenvalue weighted by atomic mass is 10.2. The standard InChI is InChI=1S/C16H12N2O2S/c1-12-5-7-15(8-6-12)21(19,20)18-10-9-13-3-2-4-14(11-17)16(13)18/h2-10H,1H3. The first-order valence-corrected chi connectivity index (χ1v) is 7.80. The van der Waals surface area contributed by atoms with E-state index >= 15 is 0 Å². The van der Waals surface area contributed by atoms with Crippen LogP contribution in [0.3, 0.4) is 0 Å². The summed E-state index contributed by atoms with van der Waals surface area (Å²) in [6.07, 6.45) is 1.49. The quantitative estimate of drug-likeness (QED) is 0.730. The highest BCUT2D eigenvalue weighted by Gasteiger charge is 2.20. The third-order valence-corrected chi connectivity index (χ3v) is 5.07. The van der Waals surface area contributed by atoms with Crippen LogP contribution in [-0.2, 0) is 10.0 Å². The van der Waals surface area contributed by atoms with E-state index in [1.165, 1.54) is 10.2 Å². The van der Waals surface area contributed by atoms with E-state index in [0.29, 0.717) is 11.1 Å². The largest absolute Gasteiger partial charge is 0.268 e. The van der Waals surface area contributed by atoms with Gasteiger partial charge >= 0.3 is 0 Å². The molecule has 0 saturated carbocycles. The Morgan fingerprint density at radius 1 is 1.05 bits per heavy atom. The summed E-state index contributed by atoms with van der Waals surface area (Å²) >= 11 is 0. The van der Waals surface area contributed by atoms with Crippen molar-refractivity contribution in [3.8, 4) is 6.07 Å². The van der Waals surface area contributed by atoms with Crippen molar-refractivity contribution < 1.29 is 8.42 Å². The van der Waals surface area contributed by atoms with Gasteiger partial charge in [0.1, 0.15) is 6.07 Å². The van der Waals surface area contributed by atoms with E-state index in [1.807, 2.05) is 13.0 Å². The van der Waals surface area contributed by atoms with Crippen LogP contribution in [0.4, 0.5) is 0 Å². The monoisotopic (exact) mass is 296 g/mol. The fourth-order valence-corrected chi connectivity index (χ4v) is 3.65. The second-order valence-electron chi connectivity index (χ2n) is 4.78. The number of benzene rings is 2. The molecule has 21 heavy (non-hydrogen) atoms. The van der Waals surface area contributed by atoms with Gasteiger partial charge in [-0.3, -0.25) is 0 Å². The number of aromatic nitrogens is 1. The zero-order chi connectivity index (χ0) is 15.0. The summed E-state index contributed by atoms with van der Waals surface area (Å²) in [6, 6.07) is 15.5. The molecule has 0 unspecified atom stereocenters. The van der Waals surface area contributed by atoms with Crippen LogP contribution in [0.25, 0.3) is 10.9 Å². The van der Waals surface area contributed by atoms with Gasteiger partial charge in [-0.1, -0.05) is 29.8 Å². The SMILES string of the molecule is Cc1ccc(S(=O)(=O)n2ccc3cccc(C#N)c32)cc1. The van der Waals surface area contributed by atoms with Crippen molar-refractivity contribution in [2.24, 2.45) is 0 Å². The molecule has 2 aromatic carbocycles. The number of para-hydroxylation sites is 1. The maximum atomic E-state index is 12.7. The van der Waals surface area contributed by atoms with Crippen LogP contribution in [0.15, 0.2) is 59.6 Å². The highest BCUT2D eigenvalue weighted by Crippen LogP contribution is 2.25. The molecule has 0 amide bonds. The molecule has 0 radical (unpaired) electrons. The van der Waals surface area contributed by atoms with E-state index in [4.69, 9.17) is 0 Å². The number of nitriles is 1. The van der Waals surface area contributed by atoms with E-state index in [1.54, 1.807) is 48.5 Å². The molecular weight excluding hydrogens is 284 g/mol. The molecule has 0 aliphatic rings. The van der Waals surface area contributed by atoms with Gasteiger partial charge in [0.15, 0.2) is 0 Å². The molecule has 0 fully saturated rings. The van der Waals surface area contributed by atoms with Gasteiger partial charge in [0.05, 0.1) is 16.0 Å². The summed E-state index contributed by atoms with van der Waals surface area (Å²) in [6.45, 7) is 1.90. The highest BCUT2D eigenvalue weighted by molar-refractivity contribution is 7.90. The Morgan fingerprint density at radius 2 is 1.76 bits per heavy atom. The normalized spacial score (nSPS) is 11.4. The third kappa shape index (κ3) is 2.10. The zero-order valence-corrected chi connectivity index (χ0v) is 12.1. The Bertz CT molecular complexity index is 962. The van der Waals surface area contributed by atoms with Crippen LogP contribution in [0.2, 0.25) is 0 Å². The van der Waals surface area contributed by atoms with Crippen LogP contribution in [0.5, 0.6) is 0 Å². The smallest absolute Gasteiger partial charge is 0.240 e. The molecule has 104 valence electrons. The minimum Gasteiger partial charge on any atom is -0.240 e. The molecule has 0 spiro atoms. The number of rotatable bonds is 2. The van der Waals surface area contributed by atoms with Crippen LogP contribution >= 0.6 is 0 Å². The molecule has 0 aliphatic heterocycles. The van der Waals surface area contributed by atoms with Crippen LogP contribution in [0, 0.1) is 18.3 Å². The molecular formula is C16H12N2O2S. The molecule has 0 bridgehead atoms. The molecule has 0 aliphatic carbocycles. The van der Waals surface area contributed by atoms with Crippen LogP contribution in [-0.4, -0.2) is 12.4 Å². The maximum Gasteiger partial charge on any atom is 0.268 e. The lowest BCUT2D eigenvalue weighted by Gasteiger charge is -2.08. The van der Waals surface area contributed by atoms with Crippen molar-refractivity contribution in [2.45, 2.75) is 11.8 Å². The molecule has 0 saturated heterocycles.